The Morgan fingerprint density at radius 3 is 2.52 bits per heavy atom. The van der Waals surface area contributed by atoms with Gasteiger partial charge in [0.2, 0.25) is 0 Å². The Morgan fingerprint density at radius 1 is 1.38 bits per heavy atom. The van der Waals surface area contributed by atoms with Gasteiger partial charge < -0.3 is 20.1 Å². The Hall–Kier alpha value is -2.64. The molecule has 0 radical (unpaired) electrons. The van der Waals surface area contributed by atoms with Gasteiger partial charge in [-0.2, -0.15) is 0 Å². The quantitative estimate of drug-likeness (QED) is 0.492. The highest BCUT2D eigenvalue weighted by Crippen LogP contribution is 2.06. The first-order valence-corrected chi connectivity index (χ1v) is 6.15. The summed E-state index contributed by atoms with van der Waals surface area (Å²) in [5.41, 5.74) is 0.395. The number of ether oxygens (including phenoxy) is 1. The topological polar surface area (TPSA) is 126 Å². The van der Waals surface area contributed by atoms with E-state index in [4.69, 9.17) is 5.11 Å². The summed E-state index contributed by atoms with van der Waals surface area (Å²) in [6, 6.07) is 0.109. The SMILES string of the molecule is COC(=O)CCC(NC(=O)c1cc(C(C)=O)c[nH]1)C(=O)O. The monoisotopic (exact) mass is 296 g/mol. The Labute approximate surface area is 120 Å². The van der Waals surface area contributed by atoms with Crippen LogP contribution in [-0.4, -0.2) is 46.9 Å². The molecule has 0 saturated carbocycles. The molecule has 0 aliphatic rings. The molecule has 1 amide bonds. The van der Waals surface area contributed by atoms with Crippen LogP contribution in [0.3, 0.4) is 0 Å². The van der Waals surface area contributed by atoms with Crippen LogP contribution in [0.1, 0.15) is 40.6 Å². The average Bonchev–Trinajstić information content (AvgIpc) is 2.92. The first-order valence-electron chi connectivity index (χ1n) is 6.15. The van der Waals surface area contributed by atoms with E-state index in [0.29, 0.717) is 5.56 Å². The molecule has 0 spiro atoms. The number of carbonyl (C=O) groups is 4. The summed E-state index contributed by atoms with van der Waals surface area (Å²) in [5.74, 6) is -2.70. The number of aromatic nitrogens is 1. The normalized spacial score (nSPS) is 11.5. The largest absolute Gasteiger partial charge is 0.480 e. The van der Waals surface area contributed by atoms with Crippen LogP contribution in [0.2, 0.25) is 0 Å². The minimum absolute atomic E-state index is 0.0736. The lowest BCUT2D eigenvalue weighted by Crippen LogP contribution is -2.41. The van der Waals surface area contributed by atoms with Gasteiger partial charge in [0.05, 0.1) is 7.11 Å². The van der Waals surface area contributed by atoms with E-state index >= 15 is 0 Å². The Bertz CT molecular complexity index is 563. The van der Waals surface area contributed by atoms with Gasteiger partial charge in [0.15, 0.2) is 5.78 Å². The standard InChI is InChI=1S/C13H16N2O6/c1-7(16)8-5-10(14-6-8)12(18)15-9(13(19)20)3-4-11(17)21-2/h5-6,9,14H,3-4H2,1-2H3,(H,15,18)(H,19,20). The third-order valence-electron chi connectivity index (χ3n) is 2.80. The lowest BCUT2D eigenvalue weighted by atomic mass is 10.1. The third-order valence-corrected chi connectivity index (χ3v) is 2.80. The molecule has 21 heavy (non-hydrogen) atoms. The van der Waals surface area contributed by atoms with Crippen molar-refractivity contribution in [3.8, 4) is 0 Å². The maximum atomic E-state index is 11.9. The highest BCUT2D eigenvalue weighted by Gasteiger charge is 2.22. The van der Waals surface area contributed by atoms with Crippen LogP contribution in [0.4, 0.5) is 0 Å². The molecule has 1 atom stereocenters. The number of Topliss-reactive ketones (excluding diaryl/α,β-unsaturated/α-hetero) is 1. The highest BCUT2D eigenvalue weighted by molar-refractivity contribution is 6.00. The maximum absolute atomic E-state index is 11.9. The van der Waals surface area contributed by atoms with Gasteiger partial charge in [-0.15, -0.1) is 0 Å². The number of carbonyl (C=O) groups excluding carboxylic acids is 3. The minimum Gasteiger partial charge on any atom is -0.480 e. The van der Waals surface area contributed by atoms with Crippen molar-refractivity contribution in [1.82, 2.24) is 10.3 Å². The van der Waals surface area contributed by atoms with Crippen molar-refractivity contribution in [2.45, 2.75) is 25.8 Å². The van der Waals surface area contributed by atoms with Crippen molar-refractivity contribution >= 4 is 23.6 Å². The zero-order valence-electron chi connectivity index (χ0n) is 11.6. The highest BCUT2D eigenvalue weighted by atomic mass is 16.5. The second kappa shape index (κ2) is 7.22. The van der Waals surface area contributed by atoms with E-state index in [1.54, 1.807) is 0 Å². The number of carboxylic acids is 1. The molecule has 114 valence electrons. The second-order valence-electron chi connectivity index (χ2n) is 4.34. The zero-order chi connectivity index (χ0) is 16.0. The molecule has 0 aliphatic heterocycles. The van der Waals surface area contributed by atoms with Crippen molar-refractivity contribution in [2.75, 3.05) is 7.11 Å². The van der Waals surface area contributed by atoms with Crippen molar-refractivity contribution in [1.29, 1.82) is 0 Å². The zero-order valence-corrected chi connectivity index (χ0v) is 11.6. The van der Waals surface area contributed by atoms with Gasteiger partial charge in [0.25, 0.3) is 5.91 Å². The number of H-pyrrole nitrogens is 1. The van der Waals surface area contributed by atoms with E-state index in [9.17, 15) is 19.2 Å². The number of rotatable bonds is 7. The van der Waals surface area contributed by atoms with Crippen LogP contribution in [0.5, 0.6) is 0 Å². The van der Waals surface area contributed by atoms with Crippen LogP contribution in [0.25, 0.3) is 0 Å². The van der Waals surface area contributed by atoms with Crippen LogP contribution < -0.4 is 5.32 Å². The van der Waals surface area contributed by atoms with Crippen LogP contribution in [0, 0.1) is 0 Å². The first-order chi connectivity index (χ1) is 9.85. The minimum atomic E-state index is -1.26. The number of aromatic amines is 1. The first kappa shape index (κ1) is 16.4. The van der Waals surface area contributed by atoms with Gasteiger partial charge in [-0.3, -0.25) is 14.4 Å². The van der Waals surface area contributed by atoms with Gasteiger partial charge in [-0.05, 0) is 19.4 Å². The summed E-state index contributed by atoms with van der Waals surface area (Å²) in [6.07, 6.45) is 1.15. The maximum Gasteiger partial charge on any atom is 0.326 e. The Kier molecular flexibility index (Phi) is 5.65. The molecule has 1 aromatic rings. The lowest BCUT2D eigenvalue weighted by molar-refractivity contribution is -0.142. The van der Waals surface area contributed by atoms with Crippen LogP contribution in [-0.2, 0) is 14.3 Å². The average molecular weight is 296 g/mol. The van der Waals surface area contributed by atoms with E-state index in [1.165, 1.54) is 26.3 Å². The fourth-order valence-corrected chi connectivity index (χ4v) is 1.59. The molecule has 8 heteroatoms. The summed E-state index contributed by atoms with van der Waals surface area (Å²) >= 11 is 0. The predicted octanol–water partition coefficient (Wildman–Crippen LogP) is 0.353. The molecule has 0 fully saturated rings. The summed E-state index contributed by atoms with van der Waals surface area (Å²) in [6.45, 7) is 1.35. The van der Waals surface area contributed by atoms with Crippen molar-refractivity contribution < 1.29 is 29.0 Å². The molecular weight excluding hydrogens is 280 g/mol. The molecule has 1 aromatic heterocycles. The molecule has 0 bridgehead atoms. The lowest BCUT2D eigenvalue weighted by Gasteiger charge is -2.13. The molecule has 0 aromatic carbocycles. The van der Waals surface area contributed by atoms with E-state index in [1.807, 2.05) is 0 Å². The van der Waals surface area contributed by atoms with Crippen LogP contribution in [0.15, 0.2) is 12.3 Å². The Balaban J connectivity index is 2.69. The molecule has 8 nitrogen and oxygen atoms in total. The van der Waals surface area contributed by atoms with Gasteiger partial charge in [0.1, 0.15) is 11.7 Å². The third kappa shape index (κ3) is 4.75. The summed E-state index contributed by atoms with van der Waals surface area (Å²) in [4.78, 5) is 47.6. The molecule has 1 heterocycles. The molecule has 1 rings (SSSR count). The van der Waals surface area contributed by atoms with Gasteiger partial charge >= 0.3 is 11.9 Å². The number of methoxy groups -OCH3 is 1. The number of hydrogen-bond acceptors (Lipinski definition) is 5. The summed E-state index contributed by atoms with van der Waals surface area (Å²) < 4.78 is 4.41. The molecule has 1 unspecified atom stereocenters. The van der Waals surface area contributed by atoms with Crippen molar-refractivity contribution in [3.63, 3.8) is 0 Å². The molecule has 3 N–H and O–H groups in total. The van der Waals surface area contributed by atoms with Crippen LogP contribution >= 0.6 is 0 Å². The second-order valence-corrected chi connectivity index (χ2v) is 4.34. The predicted molar refractivity (Wildman–Crippen MR) is 70.9 cm³/mol. The number of nitrogens with one attached hydrogen (secondary N) is 2. The van der Waals surface area contributed by atoms with Crippen molar-refractivity contribution in [3.05, 3.63) is 23.5 Å². The number of carboxylic acid groups (broad SMARTS) is 1. The number of hydrogen-bond donors (Lipinski definition) is 3. The van der Waals surface area contributed by atoms with Crippen molar-refractivity contribution in [2.24, 2.45) is 0 Å². The van der Waals surface area contributed by atoms with E-state index in [-0.39, 0.29) is 24.3 Å². The molecule has 0 aliphatic carbocycles. The number of esters is 1. The van der Waals surface area contributed by atoms with E-state index in [2.05, 4.69) is 15.0 Å². The van der Waals surface area contributed by atoms with Gasteiger partial charge in [-0.25, -0.2) is 4.79 Å². The Morgan fingerprint density at radius 2 is 2.05 bits per heavy atom. The number of amides is 1. The summed E-state index contributed by atoms with van der Waals surface area (Å²) in [7, 11) is 1.19. The van der Waals surface area contributed by atoms with Gasteiger partial charge in [0, 0.05) is 18.2 Å². The number of ketones is 1. The molecule has 0 saturated heterocycles. The summed E-state index contributed by atoms with van der Waals surface area (Å²) in [5, 5.41) is 11.3. The molecular formula is C13H16N2O6. The van der Waals surface area contributed by atoms with Gasteiger partial charge in [-0.1, -0.05) is 0 Å². The number of aliphatic carboxylic acids is 1. The fraction of sp³-hybridized carbons (Fsp3) is 0.385. The van der Waals surface area contributed by atoms with E-state index < -0.39 is 23.9 Å². The fourth-order valence-electron chi connectivity index (χ4n) is 1.59. The van der Waals surface area contributed by atoms with E-state index in [0.717, 1.165) is 0 Å². The smallest absolute Gasteiger partial charge is 0.326 e.